The molecule has 4 nitrogen and oxygen atoms in total. The minimum Gasteiger partial charge on any atom is -0.480 e. The fourth-order valence-electron chi connectivity index (χ4n) is 2.80. The molecule has 2 aliphatic rings. The van der Waals surface area contributed by atoms with Gasteiger partial charge in [0.05, 0.1) is 0 Å². The maximum atomic E-state index is 12.0. The molecule has 2 heterocycles. The molecule has 1 saturated heterocycles. The molecule has 0 bridgehead atoms. The van der Waals surface area contributed by atoms with Crippen molar-refractivity contribution in [3.63, 3.8) is 0 Å². The van der Waals surface area contributed by atoms with Crippen LogP contribution in [0.1, 0.15) is 18.4 Å². The van der Waals surface area contributed by atoms with E-state index < -0.39 is 0 Å². The van der Waals surface area contributed by atoms with Gasteiger partial charge < -0.3 is 15.4 Å². The normalized spacial score (nSPS) is 23.6. The summed E-state index contributed by atoms with van der Waals surface area (Å²) in [5, 5.41) is 6.33. The Kier molecular flexibility index (Phi) is 5.26. The van der Waals surface area contributed by atoms with Gasteiger partial charge in [-0.25, -0.2) is 0 Å². The van der Waals surface area contributed by atoms with Gasteiger partial charge in [0.25, 0.3) is 5.91 Å². The fourth-order valence-corrected chi connectivity index (χ4v) is 2.80. The Hall–Kier alpha value is -1.26. The van der Waals surface area contributed by atoms with Crippen LogP contribution in [-0.4, -0.2) is 31.6 Å². The van der Waals surface area contributed by atoms with Crippen molar-refractivity contribution in [2.75, 3.05) is 19.6 Å². The van der Waals surface area contributed by atoms with Crippen molar-refractivity contribution in [1.29, 1.82) is 0 Å². The van der Waals surface area contributed by atoms with Crippen LogP contribution >= 0.6 is 12.4 Å². The maximum absolute atomic E-state index is 12.0. The van der Waals surface area contributed by atoms with Gasteiger partial charge >= 0.3 is 0 Å². The zero-order chi connectivity index (χ0) is 13.1. The van der Waals surface area contributed by atoms with Crippen LogP contribution in [0.2, 0.25) is 0 Å². The van der Waals surface area contributed by atoms with Gasteiger partial charge in [-0.1, -0.05) is 18.2 Å². The van der Waals surface area contributed by atoms with Crippen molar-refractivity contribution >= 4 is 18.3 Å². The third kappa shape index (κ3) is 3.44. The van der Waals surface area contributed by atoms with E-state index in [1.807, 2.05) is 24.3 Å². The smallest absolute Gasteiger partial charge is 0.261 e. The molecule has 0 saturated carbocycles. The molecule has 110 valence electrons. The number of ether oxygens (including phenoxy) is 1. The number of carbonyl (C=O) groups excluding carboxylic acids is 1. The second-order valence-electron chi connectivity index (χ2n) is 5.36. The Morgan fingerprint density at radius 3 is 3.00 bits per heavy atom. The lowest BCUT2D eigenvalue weighted by Gasteiger charge is -2.13. The van der Waals surface area contributed by atoms with Gasteiger partial charge in [-0.3, -0.25) is 4.79 Å². The Balaban J connectivity index is 0.00000147. The SMILES string of the molecule is Cl.O=C(NCCC1CCNC1)C1Cc2ccccc2O1. The third-order valence-electron chi connectivity index (χ3n) is 3.95. The van der Waals surface area contributed by atoms with Crippen LogP contribution < -0.4 is 15.4 Å². The molecule has 3 rings (SSSR count). The molecule has 20 heavy (non-hydrogen) atoms. The Morgan fingerprint density at radius 2 is 2.25 bits per heavy atom. The summed E-state index contributed by atoms with van der Waals surface area (Å²) in [6.07, 6.45) is 2.62. The van der Waals surface area contributed by atoms with Crippen LogP contribution in [0.4, 0.5) is 0 Å². The predicted octanol–water partition coefficient (Wildman–Crippen LogP) is 1.53. The largest absolute Gasteiger partial charge is 0.480 e. The van der Waals surface area contributed by atoms with Crippen LogP contribution in [0.3, 0.4) is 0 Å². The van der Waals surface area contributed by atoms with Crippen molar-refractivity contribution in [3.8, 4) is 5.75 Å². The van der Waals surface area contributed by atoms with E-state index in [1.54, 1.807) is 0 Å². The topological polar surface area (TPSA) is 50.4 Å². The van der Waals surface area contributed by atoms with E-state index in [0.29, 0.717) is 12.3 Å². The number of para-hydroxylation sites is 1. The summed E-state index contributed by atoms with van der Waals surface area (Å²) in [5.74, 6) is 1.58. The van der Waals surface area contributed by atoms with Crippen molar-refractivity contribution < 1.29 is 9.53 Å². The van der Waals surface area contributed by atoms with Crippen LogP contribution in [0.25, 0.3) is 0 Å². The molecular weight excluding hydrogens is 276 g/mol. The zero-order valence-electron chi connectivity index (χ0n) is 11.4. The number of benzene rings is 1. The summed E-state index contributed by atoms with van der Waals surface area (Å²) in [6.45, 7) is 2.95. The van der Waals surface area contributed by atoms with Crippen LogP contribution in [-0.2, 0) is 11.2 Å². The standard InChI is InChI=1S/C15H20N2O2.ClH/c18-15(17-8-6-11-5-7-16-10-11)14-9-12-3-1-2-4-13(12)19-14;/h1-4,11,14,16H,5-10H2,(H,17,18);1H. The van der Waals surface area contributed by atoms with Gasteiger partial charge in [0.15, 0.2) is 6.10 Å². The van der Waals surface area contributed by atoms with Gasteiger partial charge in [0.1, 0.15) is 5.75 Å². The molecule has 1 amide bonds. The van der Waals surface area contributed by atoms with E-state index in [2.05, 4.69) is 10.6 Å². The van der Waals surface area contributed by atoms with Crippen molar-refractivity contribution in [2.24, 2.45) is 5.92 Å². The maximum Gasteiger partial charge on any atom is 0.261 e. The lowest BCUT2D eigenvalue weighted by Crippen LogP contribution is -2.38. The summed E-state index contributed by atoms with van der Waals surface area (Å²) < 4.78 is 5.67. The van der Waals surface area contributed by atoms with Crippen molar-refractivity contribution in [1.82, 2.24) is 10.6 Å². The van der Waals surface area contributed by atoms with Crippen LogP contribution in [0.5, 0.6) is 5.75 Å². The van der Waals surface area contributed by atoms with Gasteiger partial charge in [-0.2, -0.15) is 0 Å². The molecule has 2 N–H and O–H groups in total. The molecule has 2 atom stereocenters. The fraction of sp³-hybridized carbons (Fsp3) is 0.533. The molecule has 0 radical (unpaired) electrons. The molecule has 5 heteroatoms. The van der Waals surface area contributed by atoms with E-state index in [0.717, 1.165) is 37.4 Å². The number of hydrogen-bond donors (Lipinski definition) is 2. The number of nitrogens with one attached hydrogen (secondary N) is 2. The zero-order valence-corrected chi connectivity index (χ0v) is 12.2. The van der Waals surface area contributed by atoms with E-state index in [-0.39, 0.29) is 24.4 Å². The molecule has 1 fully saturated rings. The van der Waals surface area contributed by atoms with Crippen molar-refractivity contribution in [3.05, 3.63) is 29.8 Å². The lowest BCUT2D eigenvalue weighted by atomic mass is 10.1. The molecule has 1 aromatic rings. The highest BCUT2D eigenvalue weighted by atomic mass is 35.5. The predicted molar refractivity (Wildman–Crippen MR) is 80.4 cm³/mol. The second kappa shape index (κ2) is 6.95. The summed E-state index contributed by atoms with van der Waals surface area (Å²) in [7, 11) is 0. The first kappa shape index (κ1) is 15.1. The molecule has 1 aromatic carbocycles. The number of rotatable bonds is 4. The highest BCUT2D eigenvalue weighted by molar-refractivity contribution is 5.85. The number of amides is 1. The Bertz CT molecular complexity index is 436. The number of carbonyl (C=O) groups is 1. The summed E-state index contributed by atoms with van der Waals surface area (Å²) in [6, 6.07) is 7.86. The van der Waals surface area contributed by atoms with Crippen molar-refractivity contribution in [2.45, 2.75) is 25.4 Å². The second-order valence-corrected chi connectivity index (χ2v) is 5.36. The van der Waals surface area contributed by atoms with Gasteiger partial charge in [0, 0.05) is 13.0 Å². The highest BCUT2D eigenvalue weighted by Gasteiger charge is 2.28. The van der Waals surface area contributed by atoms with E-state index >= 15 is 0 Å². The Morgan fingerprint density at radius 1 is 1.40 bits per heavy atom. The minimum absolute atomic E-state index is 0. The molecular formula is C15H21ClN2O2. The first-order valence-electron chi connectivity index (χ1n) is 7.06. The first-order valence-corrected chi connectivity index (χ1v) is 7.06. The van der Waals surface area contributed by atoms with Gasteiger partial charge in [0.2, 0.25) is 0 Å². The molecule has 2 unspecified atom stereocenters. The van der Waals surface area contributed by atoms with Crippen LogP contribution in [0, 0.1) is 5.92 Å². The number of fused-ring (bicyclic) bond motifs is 1. The lowest BCUT2D eigenvalue weighted by molar-refractivity contribution is -0.127. The summed E-state index contributed by atoms with van der Waals surface area (Å²) in [4.78, 5) is 12.0. The van der Waals surface area contributed by atoms with E-state index in [1.165, 1.54) is 6.42 Å². The number of halogens is 1. The third-order valence-corrected chi connectivity index (χ3v) is 3.95. The minimum atomic E-state index is -0.348. The molecule has 0 aliphatic carbocycles. The summed E-state index contributed by atoms with van der Waals surface area (Å²) in [5.41, 5.74) is 1.13. The van der Waals surface area contributed by atoms with Crippen LogP contribution in [0.15, 0.2) is 24.3 Å². The first-order chi connectivity index (χ1) is 9.33. The average molecular weight is 297 g/mol. The van der Waals surface area contributed by atoms with Gasteiger partial charge in [-0.05, 0) is 43.5 Å². The molecule has 2 aliphatic heterocycles. The Labute approximate surface area is 125 Å². The monoisotopic (exact) mass is 296 g/mol. The quantitative estimate of drug-likeness (QED) is 0.886. The van der Waals surface area contributed by atoms with Gasteiger partial charge in [-0.15, -0.1) is 12.4 Å². The highest BCUT2D eigenvalue weighted by Crippen LogP contribution is 2.28. The van der Waals surface area contributed by atoms with E-state index in [9.17, 15) is 4.79 Å². The molecule has 0 aromatic heterocycles. The summed E-state index contributed by atoms with van der Waals surface area (Å²) >= 11 is 0. The van der Waals surface area contributed by atoms with E-state index in [4.69, 9.17) is 4.74 Å². The average Bonchev–Trinajstić information content (AvgIpc) is 3.07. The molecule has 0 spiro atoms. The number of hydrogen-bond acceptors (Lipinski definition) is 3.